The van der Waals surface area contributed by atoms with Crippen LogP contribution in [0.2, 0.25) is 0 Å². The fourth-order valence-corrected chi connectivity index (χ4v) is 1.51. The molecule has 0 aliphatic carbocycles. The highest BCUT2D eigenvalue weighted by atomic mass is 16.1. The lowest BCUT2D eigenvalue weighted by molar-refractivity contribution is 0.0954. The number of hydrogen-bond acceptors (Lipinski definition) is 3. The zero-order chi connectivity index (χ0) is 11.3. The third-order valence-corrected chi connectivity index (χ3v) is 2.70. The first-order valence-electron chi connectivity index (χ1n) is 5.42. The summed E-state index contributed by atoms with van der Waals surface area (Å²) in [6.07, 6.45) is 4.19. The van der Waals surface area contributed by atoms with Crippen molar-refractivity contribution in [2.24, 2.45) is 5.92 Å². The maximum Gasteiger partial charge on any atom is 0.181 e. The number of carbonyl (C=O) groups is 1. The van der Waals surface area contributed by atoms with Gasteiger partial charge < -0.3 is 5.73 Å². The molecule has 1 rings (SSSR count). The first-order valence-corrected chi connectivity index (χ1v) is 5.42. The Kier molecular flexibility index (Phi) is 4.28. The molecule has 15 heavy (non-hydrogen) atoms. The van der Waals surface area contributed by atoms with Crippen LogP contribution >= 0.6 is 0 Å². The summed E-state index contributed by atoms with van der Waals surface area (Å²) in [5, 5.41) is 0. The van der Waals surface area contributed by atoms with E-state index in [1.54, 1.807) is 12.1 Å². The van der Waals surface area contributed by atoms with E-state index in [0.717, 1.165) is 12.8 Å². The molecular weight excluding hydrogens is 188 g/mol. The number of Topliss-reactive ketones (excluding diaryl/α,β-unsaturated/α-hetero) is 1. The van der Waals surface area contributed by atoms with Gasteiger partial charge >= 0.3 is 0 Å². The van der Waals surface area contributed by atoms with Gasteiger partial charge in [-0.25, -0.2) is 0 Å². The molecule has 0 spiro atoms. The number of carbonyl (C=O) groups excluding carboxylic acids is 1. The Morgan fingerprint density at radius 2 is 2.07 bits per heavy atom. The highest BCUT2D eigenvalue weighted by Gasteiger charge is 2.12. The van der Waals surface area contributed by atoms with Gasteiger partial charge in [0, 0.05) is 6.42 Å². The number of anilines is 1. The molecule has 0 unspecified atom stereocenters. The van der Waals surface area contributed by atoms with Crippen molar-refractivity contribution in [3.8, 4) is 0 Å². The van der Waals surface area contributed by atoms with Crippen molar-refractivity contribution in [2.75, 3.05) is 5.73 Å². The molecule has 0 fully saturated rings. The molecule has 0 aromatic carbocycles. The number of nitrogens with zero attached hydrogens (tertiary/aromatic N) is 1. The van der Waals surface area contributed by atoms with Gasteiger partial charge in [-0.3, -0.25) is 9.78 Å². The first kappa shape index (κ1) is 11.7. The van der Waals surface area contributed by atoms with Crippen LogP contribution in [-0.2, 0) is 0 Å². The quantitative estimate of drug-likeness (QED) is 0.753. The second-order valence-electron chi connectivity index (χ2n) is 3.79. The second kappa shape index (κ2) is 5.49. The van der Waals surface area contributed by atoms with Crippen molar-refractivity contribution in [1.29, 1.82) is 0 Å². The number of ketones is 1. The van der Waals surface area contributed by atoms with Crippen LogP contribution < -0.4 is 5.73 Å². The van der Waals surface area contributed by atoms with Gasteiger partial charge in [0.25, 0.3) is 0 Å². The molecular formula is C12H18N2O. The van der Waals surface area contributed by atoms with Crippen molar-refractivity contribution >= 4 is 11.5 Å². The minimum Gasteiger partial charge on any atom is -0.397 e. The van der Waals surface area contributed by atoms with Gasteiger partial charge in [0.15, 0.2) is 5.78 Å². The van der Waals surface area contributed by atoms with E-state index in [0.29, 0.717) is 23.7 Å². The van der Waals surface area contributed by atoms with Crippen LogP contribution in [0.4, 0.5) is 5.69 Å². The van der Waals surface area contributed by atoms with Gasteiger partial charge in [0.2, 0.25) is 0 Å². The standard InChI is InChI=1S/C12H18N2O/c1-3-9(4-2)7-12(15)11-6-5-10(13)8-14-11/h5-6,8-9H,3-4,7,13H2,1-2H3. The van der Waals surface area contributed by atoms with Gasteiger partial charge in [0.1, 0.15) is 5.69 Å². The zero-order valence-corrected chi connectivity index (χ0v) is 9.36. The van der Waals surface area contributed by atoms with E-state index in [1.807, 2.05) is 0 Å². The number of aromatic nitrogens is 1. The van der Waals surface area contributed by atoms with Crippen LogP contribution in [0.3, 0.4) is 0 Å². The third kappa shape index (κ3) is 3.35. The molecule has 0 amide bonds. The summed E-state index contributed by atoms with van der Waals surface area (Å²) < 4.78 is 0. The van der Waals surface area contributed by atoms with Gasteiger partial charge in [-0.1, -0.05) is 26.7 Å². The van der Waals surface area contributed by atoms with Crippen molar-refractivity contribution in [2.45, 2.75) is 33.1 Å². The van der Waals surface area contributed by atoms with E-state index < -0.39 is 0 Å². The Bertz CT molecular complexity index is 315. The maximum atomic E-state index is 11.8. The van der Waals surface area contributed by atoms with E-state index in [9.17, 15) is 4.79 Å². The molecule has 0 saturated heterocycles. The minimum atomic E-state index is 0.115. The average molecular weight is 206 g/mol. The number of pyridine rings is 1. The number of nitrogen functional groups attached to an aromatic ring is 1. The Hall–Kier alpha value is -1.38. The first-order chi connectivity index (χ1) is 7.17. The van der Waals surface area contributed by atoms with Crippen LogP contribution in [0.1, 0.15) is 43.6 Å². The lowest BCUT2D eigenvalue weighted by Gasteiger charge is -2.10. The van der Waals surface area contributed by atoms with Crippen LogP contribution in [0.15, 0.2) is 18.3 Å². The number of nitrogens with two attached hydrogens (primary N) is 1. The summed E-state index contributed by atoms with van der Waals surface area (Å²) in [6.45, 7) is 4.22. The highest BCUT2D eigenvalue weighted by Crippen LogP contribution is 2.15. The van der Waals surface area contributed by atoms with Gasteiger partial charge in [-0.05, 0) is 18.1 Å². The summed E-state index contributed by atoms with van der Waals surface area (Å²) in [7, 11) is 0. The molecule has 1 aromatic rings. The Labute approximate surface area is 90.7 Å². The van der Waals surface area contributed by atoms with E-state index in [1.165, 1.54) is 6.20 Å². The van der Waals surface area contributed by atoms with Crippen LogP contribution in [0.5, 0.6) is 0 Å². The topological polar surface area (TPSA) is 56.0 Å². The summed E-state index contributed by atoms with van der Waals surface area (Å²) in [4.78, 5) is 15.8. The Morgan fingerprint density at radius 1 is 1.40 bits per heavy atom. The average Bonchev–Trinajstić information content (AvgIpc) is 2.26. The SMILES string of the molecule is CCC(CC)CC(=O)c1ccc(N)cn1. The molecule has 1 heterocycles. The fraction of sp³-hybridized carbons (Fsp3) is 0.500. The molecule has 2 N–H and O–H groups in total. The number of hydrogen-bond donors (Lipinski definition) is 1. The van der Waals surface area contributed by atoms with Gasteiger partial charge in [0.05, 0.1) is 11.9 Å². The van der Waals surface area contributed by atoms with E-state index >= 15 is 0 Å². The molecule has 1 aromatic heterocycles. The normalized spacial score (nSPS) is 10.6. The lowest BCUT2D eigenvalue weighted by atomic mass is 9.96. The molecule has 0 radical (unpaired) electrons. The second-order valence-corrected chi connectivity index (χ2v) is 3.79. The predicted molar refractivity (Wildman–Crippen MR) is 61.7 cm³/mol. The summed E-state index contributed by atoms with van der Waals surface area (Å²) >= 11 is 0. The van der Waals surface area contributed by atoms with Crippen molar-refractivity contribution in [3.05, 3.63) is 24.0 Å². The molecule has 82 valence electrons. The Balaban J connectivity index is 2.64. The van der Waals surface area contributed by atoms with E-state index in [-0.39, 0.29) is 5.78 Å². The molecule has 0 bridgehead atoms. The summed E-state index contributed by atoms with van der Waals surface area (Å²) in [5.74, 6) is 0.584. The summed E-state index contributed by atoms with van der Waals surface area (Å²) in [5.41, 5.74) is 6.62. The fourth-order valence-electron chi connectivity index (χ4n) is 1.51. The van der Waals surface area contributed by atoms with Crippen molar-refractivity contribution in [1.82, 2.24) is 4.98 Å². The van der Waals surface area contributed by atoms with E-state index in [4.69, 9.17) is 5.73 Å². The predicted octanol–water partition coefficient (Wildman–Crippen LogP) is 2.67. The molecule has 0 atom stereocenters. The lowest BCUT2D eigenvalue weighted by Crippen LogP contribution is -2.09. The molecule has 3 heteroatoms. The Morgan fingerprint density at radius 3 is 2.53 bits per heavy atom. The van der Waals surface area contributed by atoms with E-state index in [2.05, 4.69) is 18.8 Å². The van der Waals surface area contributed by atoms with Gasteiger partial charge in [-0.2, -0.15) is 0 Å². The number of rotatable bonds is 5. The molecule has 0 aliphatic rings. The molecule has 0 saturated carbocycles. The monoisotopic (exact) mass is 206 g/mol. The maximum absolute atomic E-state index is 11.8. The van der Waals surface area contributed by atoms with Gasteiger partial charge in [-0.15, -0.1) is 0 Å². The largest absolute Gasteiger partial charge is 0.397 e. The highest BCUT2D eigenvalue weighted by molar-refractivity contribution is 5.94. The minimum absolute atomic E-state index is 0.115. The van der Waals surface area contributed by atoms with Crippen LogP contribution in [0.25, 0.3) is 0 Å². The molecule has 3 nitrogen and oxygen atoms in total. The van der Waals surface area contributed by atoms with Crippen LogP contribution in [-0.4, -0.2) is 10.8 Å². The zero-order valence-electron chi connectivity index (χ0n) is 9.36. The van der Waals surface area contributed by atoms with Crippen molar-refractivity contribution < 1.29 is 4.79 Å². The van der Waals surface area contributed by atoms with Crippen molar-refractivity contribution in [3.63, 3.8) is 0 Å². The smallest absolute Gasteiger partial charge is 0.181 e. The molecule has 0 aliphatic heterocycles. The summed E-state index contributed by atoms with van der Waals surface area (Å²) in [6, 6.07) is 3.41. The third-order valence-electron chi connectivity index (χ3n) is 2.70. The van der Waals surface area contributed by atoms with Crippen LogP contribution in [0, 0.1) is 5.92 Å².